The Bertz CT molecular complexity index is 2670. The van der Waals surface area contributed by atoms with E-state index in [2.05, 4.69) is 182 Å². The van der Waals surface area contributed by atoms with E-state index >= 15 is 0 Å². The van der Waals surface area contributed by atoms with Crippen molar-refractivity contribution in [2.24, 2.45) is 40.3 Å². The molecular formula is C70H127Co4N13O2Si4. The third-order valence-corrected chi connectivity index (χ3v) is 10.1. The second kappa shape index (κ2) is 60.6. The smallest absolute Gasteiger partial charge is 0.399 e. The summed E-state index contributed by atoms with van der Waals surface area (Å²) >= 11 is 0. The molecular weight excluding hydrogens is 1400 g/mol. The Hall–Kier alpha value is -3.75. The molecule has 5 heterocycles. The van der Waals surface area contributed by atoms with Crippen molar-refractivity contribution >= 4 is 83.7 Å². The molecule has 0 saturated carbocycles. The monoisotopic (exact) mass is 1530 g/mol. The molecule has 5 rings (SSSR count). The third kappa shape index (κ3) is 64.0. The molecule has 0 bridgehead atoms. The number of hydrogen-bond acceptors (Lipinski definition) is 15. The summed E-state index contributed by atoms with van der Waals surface area (Å²) in [6, 6.07) is 21.8. The van der Waals surface area contributed by atoms with Gasteiger partial charge >= 0.3 is 67.1 Å². The van der Waals surface area contributed by atoms with Gasteiger partial charge in [-0.1, -0.05) is 107 Å². The van der Waals surface area contributed by atoms with Crippen LogP contribution >= 0.6 is 0 Å². The molecule has 0 amide bonds. The molecule has 0 spiro atoms. The van der Waals surface area contributed by atoms with Crippen molar-refractivity contribution in [3.05, 3.63) is 168 Å². The van der Waals surface area contributed by atoms with Crippen molar-refractivity contribution in [1.29, 1.82) is 0 Å². The number of anilines is 1. The van der Waals surface area contributed by atoms with Crippen LogP contribution in [0.3, 0.4) is 0 Å². The van der Waals surface area contributed by atoms with E-state index in [-0.39, 0.29) is 96.8 Å². The molecule has 1 aliphatic rings. The van der Waals surface area contributed by atoms with E-state index in [1.54, 1.807) is 35.3 Å². The van der Waals surface area contributed by atoms with Crippen molar-refractivity contribution < 1.29 is 76.8 Å². The summed E-state index contributed by atoms with van der Waals surface area (Å²) in [5.41, 5.74) is 15.5. The molecule has 0 atom stereocenters. The van der Waals surface area contributed by atoms with Gasteiger partial charge in [-0.05, 0) is 131 Å². The van der Waals surface area contributed by atoms with Crippen LogP contribution in [0.25, 0.3) is 0 Å². The van der Waals surface area contributed by atoms with Crippen molar-refractivity contribution in [1.82, 2.24) is 19.9 Å². The van der Waals surface area contributed by atoms with E-state index in [1.807, 2.05) is 124 Å². The molecule has 4 aromatic rings. The zero-order valence-electron chi connectivity index (χ0n) is 63.9. The molecule has 1 aliphatic heterocycles. The molecule has 0 aliphatic carbocycles. The predicted molar refractivity (Wildman–Crippen MR) is 415 cm³/mol. The van der Waals surface area contributed by atoms with Gasteiger partial charge in [0.1, 0.15) is 25.6 Å². The summed E-state index contributed by atoms with van der Waals surface area (Å²) in [6.07, 6.45) is 2.50. The van der Waals surface area contributed by atoms with Crippen LogP contribution in [-0.2, 0) is 76.8 Å². The molecule has 4 radical (unpaired) electrons. The van der Waals surface area contributed by atoms with Crippen molar-refractivity contribution in [3.8, 4) is 0 Å². The van der Waals surface area contributed by atoms with E-state index in [0.29, 0.717) is 0 Å². The molecule has 15 nitrogen and oxygen atoms in total. The van der Waals surface area contributed by atoms with Crippen LogP contribution in [-0.4, -0.2) is 167 Å². The molecule has 23 heteroatoms. The van der Waals surface area contributed by atoms with Crippen LogP contribution in [0.1, 0.15) is 128 Å². The van der Waals surface area contributed by atoms with E-state index in [1.165, 1.54) is 25.6 Å². The molecule has 1 fully saturated rings. The first kappa shape index (κ1) is 114. The zero-order chi connectivity index (χ0) is 66.3. The fourth-order valence-corrected chi connectivity index (χ4v) is 6.02. The van der Waals surface area contributed by atoms with Crippen LogP contribution in [0.5, 0.6) is 0 Å². The van der Waals surface area contributed by atoms with Gasteiger partial charge in [-0.3, -0.25) is 30.0 Å². The van der Waals surface area contributed by atoms with Gasteiger partial charge in [-0.25, -0.2) is 19.9 Å². The maximum absolute atomic E-state index is 4.85. The van der Waals surface area contributed by atoms with Crippen molar-refractivity contribution in [3.63, 3.8) is 0 Å². The SMILES string of the molecule is CCN=C(C)c1cccc(C(C)=NCC)n1.CN=C(C)c1cc(N2CCCC2)cc(C(C)=NOC)n1.CN=C(C)c1cccc(C(C)=NC)n1.CN=C(C)c1cccc(C(C)=NOC)n1.[CH2-][Si](C)(C)C.[CH2-][Si](C)(C)C.[CH2-][Si](C)(C)C.[CH2-][Si](C)(C)C.[CH3-].[CH3-].[CH3-].[CH3-].[Co+2].[Co+2].[Co+2].[Co+2]. The van der Waals surface area contributed by atoms with Gasteiger partial charge in [0.25, 0.3) is 0 Å². The number of nitrogens with zero attached hydrogens (tertiary/aromatic N) is 13. The van der Waals surface area contributed by atoms with Gasteiger partial charge in [0, 0.05) is 60.1 Å². The van der Waals surface area contributed by atoms with Crippen LogP contribution in [0, 0.1) is 55.9 Å². The standard InChI is InChI=1S/C15H22N4O.C13H19N3.C11H15N3O.C11H15N3.4C4H11Si.4CH3.4Co/c1-11(16-3)14-9-13(19-7-5-6-8-19)10-15(17-14)12(2)18-20-4;1-5-14-10(3)12-8-7-9-13(16-12)11(4)15-6-2;1-8(12-3)10-6-5-7-11(13-10)9(2)14-15-4;1-8(12-3)10-6-5-7-11(14-10)9(2)13-4;4*1-5(2,3)4;;;;;;;;/h9-10H,5-8H2,1-4H3;7-9H,5-6H2,1-4H3;5-7H,1-4H3;5-7H,1-4H3;4*1H2,2-4H3;4*1H3;;;;/q;;;;8*-1;4*+2. The number of aromatic nitrogens is 4. The first-order chi connectivity index (χ1) is 39.2. The first-order valence-corrected chi connectivity index (χ1v) is 44.1. The molecule has 93 heavy (non-hydrogen) atoms. The summed E-state index contributed by atoms with van der Waals surface area (Å²) in [5, 5.41) is 7.82. The predicted octanol–water partition coefficient (Wildman–Crippen LogP) is 17.7. The number of rotatable bonds is 13. The van der Waals surface area contributed by atoms with Gasteiger partial charge < -0.3 is 70.5 Å². The molecule has 0 unspecified atom stereocenters. The topological polar surface area (TPSA) is 172 Å². The maximum atomic E-state index is 4.85. The van der Waals surface area contributed by atoms with Gasteiger partial charge in [0.2, 0.25) is 0 Å². The number of oxime groups is 2. The van der Waals surface area contributed by atoms with Gasteiger partial charge in [0.05, 0.1) is 79.8 Å². The second-order valence-corrected chi connectivity index (χ2v) is 45.3. The minimum absolute atomic E-state index is 0. The number of pyridine rings is 4. The summed E-state index contributed by atoms with van der Waals surface area (Å²) < 4.78 is 0. The first-order valence-electron chi connectivity index (χ1n) is 29.3. The van der Waals surface area contributed by atoms with Crippen LogP contribution in [0.2, 0.25) is 78.6 Å². The Morgan fingerprint density at radius 1 is 0.387 bits per heavy atom. The van der Waals surface area contributed by atoms with Crippen LogP contribution in [0.4, 0.5) is 5.69 Å². The van der Waals surface area contributed by atoms with E-state index in [4.69, 9.17) is 9.68 Å². The Morgan fingerprint density at radius 2 is 0.581 bits per heavy atom. The number of hydrogen-bond donors (Lipinski definition) is 0. The fourth-order valence-electron chi connectivity index (χ4n) is 6.02. The minimum Gasteiger partial charge on any atom is -0.399 e. The second-order valence-electron chi connectivity index (χ2n) is 24.8. The fraction of sp³-hybridized carbons (Fsp3) is 0.486. The van der Waals surface area contributed by atoms with Crippen LogP contribution in [0.15, 0.2) is 107 Å². The molecule has 536 valence electrons. The Kier molecular flexibility index (Phi) is 74.0. The largest absolute Gasteiger partial charge is 2.00 e. The Morgan fingerprint density at radius 3 is 0.806 bits per heavy atom. The van der Waals surface area contributed by atoms with Gasteiger partial charge in [-0.15, -0.1) is 32.3 Å². The quantitative estimate of drug-likeness (QED) is 0.0554. The number of aliphatic imine (C=N–C) groups is 6. The molecule has 0 N–H and O–H groups in total. The van der Waals surface area contributed by atoms with Gasteiger partial charge in [0.15, 0.2) is 0 Å². The Balaban J connectivity index is -0.0000000954. The molecule has 0 aromatic carbocycles. The van der Waals surface area contributed by atoms with Gasteiger partial charge in [-0.2, -0.15) is 0 Å². The third-order valence-electron chi connectivity index (χ3n) is 10.1. The van der Waals surface area contributed by atoms with E-state index < -0.39 is 32.3 Å². The zero-order valence-corrected chi connectivity index (χ0v) is 72.0. The molecule has 1 saturated heterocycles. The van der Waals surface area contributed by atoms with Crippen molar-refractivity contribution in [2.45, 2.75) is 161 Å². The normalized spacial score (nSPS) is 12.5. The molecule has 4 aromatic heterocycles. The summed E-state index contributed by atoms with van der Waals surface area (Å²) in [5.74, 6) is 0. The summed E-state index contributed by atoms with van der Waals surface area (Å²) in [7, 11) is 6.70. The minimum atomic E-state index is -0.861. The average Bonchev–Trinajstić information content (AvgIpc) is 4.23. The summed E-state index contributed by atoms with van der Waals surface area (Å²) in [4.78, 5) is 55.2. The van der Waals surface area contributed by atoms with Crippen molar-refractivity contribution in [2.75, 3.05) is 73.5 Å². The van der Waals surface area contributed by atoms with E-state index in [9.17, 15) is 0 Å². The average molecular weight is 1530 g/mol. The van der Waals surface area contributed by atoms with E-state index in [0.717, 1.165) is 117 Å². The Labute approximate surface area is 618 Å². The summed E-state index contributed by atoms with van der Waals surface area (Å²) in [6.45, 7) is 65.6. The van der Waals surface area contributed by atoms with Crippen LogP contribution < -0.4 is 4.90 Å². The maximum Gasteiger partial charge on any atom is 2.00 e.